The summed E-state index contributed by atoms with van der Waals surface area (Å²) in [6.07, 6.45) is 0.954. The van der Waals surface area contributed by atoms with Gasteiger partial charge in [0.25, 0.3) is 0 Å². The molecule has 0 aliphatic carbocycles. The van der Waals surface area contributed by atoms with Crippen LogP contribution in [0.5, 0.6) is 0 Å². The van der Waals surface area contributed by atoms with Crippen molar-refractivity contribution in [1.29, 1.82) is 0 Å². The number of rotatable bonds is 5. The average molecular weight is 246 g/mol. The van der Waals surface area contributed by atoms with E-state index in [1.54, 1.807) is 0 Å². The van der Waals surface area contributed by atoms with E-state index in [0.717, 1.165) is 19.5 Å². The number of amides is 1. The number of carbonyl (C=O) groups is 1. The third-order valence-corrected chi connectivity index (χ3v) is 4.20. The quantitative estimate of drug-likeness (QED) is 0.724. The van der Waals surface area contributed by atoms with Gasteiger partial charge in [-0.05, 0) is 18.9 Å². The summed E-state index contributed by atoms with van der Waals surface area (Å²) in [5, 5.41) is 6.12. The van der Waals surface area contributed by atoms with Crippen LogP contribution in [0.4, 0.5) is 0 Å². The Bertz CT molecular complexity index is 258. The Balaban J connectivity index is 2.21. The molecule has 1 rings (SSSR count). The summed E-state index contributed by atoms with van der Waals surface area (Å²) >= 11 is 0. The molecule has 0 spiro atoms. The normalized spacial score (nSPS) is 27.4. The van der Waals surface area contributed by atoms with Crippen molar-refractivity contribution in [1.82, 2.24) is 10.6 Å². The summed E-state index contributed by atoms with van der Waals surface area (Å²) in [5.41, 5.74) is 0. The van der Waals surface area contributed by atoms with Gasteiger partial charge < -0.3 is 10.6 Å². The van der Waals surface area contributed by atoms with E-state index in [1.165, 1.54) is 0 Å². The molecule has 3 atom stereocenters. The van der Waals surface area contributed by atoms with E-state index in [-0.39, 0.29) is 11.8 Å². The highest BCUT2D eigenvalue weighted by Gasteiger charge is 2.24. The number of carbonyl (C=O) groups excluding carboxylic acids is 1. The van der Waals surface area contributed by atoms with Crippen molar-refractivity contribution < 1.29 is 9.00 Å². The predicted molar refractivity (Wildman–Crippen MR) is 66.7 cm³/mol. The molecular weight excluding hydrogens is 224 g/mol. The van der Waals surface area contributed by atoms with Gasteiger partial charge in [-0.2, -0.15) is 0 Å². The SMILES string of the molecule is CCS(=O)CCNC(=O)C1CNCC(C)C1. The van der Waals surface area contributed by atoms with Crippen LogP contribution >= 0.6 is 0 Å². The molecule has 0 saturated carbocycles. The van der Waals surface area contributed by atoms with E-state index in [9.17, 15) is 9.00 Å². The van der Waals surface area contributed by atoms with Gasteiger partial charge in [0.2, 0.25) is 5.91 Å². The van der Waals surface area contributed by atoms with Gasteiger partial charge in [-0.1, -0.05) is 13.8 Å². The van der Waals surface area contributed by atoms with E-state index < -0.39 is 10.8 Å². The Hall–Kier alpha value is -0.420. The fourth-order valence-corrected chi connectivity index (χ4v) is 2.55. The van der Waals surface area contributed by atoms with Gasteiger partial charge in [-0.25, -0.2) is 0 Å². The van der Waals surface area contributed by atoms with Crippen molar-refractivity contribution in [3.8, 4) is 0 Å². The third kappa shape index (κ3) is 4.61. The maximum Gasteiger partial charge on any atom is 0.224 e. The summed E-state index contributed by atoms with van der Waals surface area (Å²) in [5.74, 6) is 1.98. The second-order valence-corrected chi connectivity index (χ2v) is 6.28. The molecule has 16 heavy (non-hydrogen) atoms. The number of piperidine rings is 1. The van der Waals surface area contributed by atoms with Gasteiger partial charge in [0.05, 0.1) is 5.92 Å². The van der Waals surface area contributed by atoms with Crippen LogP contribution in [0.3, 0.4) is 0 Å². The van der Waals surface area contributed by atoms with Crippen molar-refractivity contribution >= 4 is 16.7 Å². The molecule has 3 unspecified atom stereocenters. The zero-order chi connectivity index (χ0) is 12.0. The number of hydrogen-bond acceptors (Lipinski definition) is 3. The standard InChI is InChI=1S/C11H22N2O2S/c1-3-16(15)5-4-13-11(14)10-6-9(2)7-12-8-10/h9-10,12H,3-8H2,1-2H3,(H,13,14). The predicted octanol–water partition coefficient (Wildman–Crippen LogP) is 0.117. The highest BCUT2D eigenvalue weighted by molar-refractivity contribution is 7.84. The van der Waals surface area contributed by atoms with Gasteiger partial charge >= 0.3 is 0 Å². The Kier molecular flexibility index (Phi) is 5.98. The Morgan fingerprint density at radius 1 is 1.50 bits per heavy atom. The van der Waals surface area contributed by atoms with Crippen molar-refractivity contribution in [3.63, 3.8) is 0 Å². The zero-order valence-corrected chi connectivity index (χ0v) is 10.9. The van der Waals surface area contributed by atoms with Crippen LogP contribution in [-0.2, 0) is 15.6 Å². The van der Waals surface area contributed by atoms with Crippen molar-refractivity contribution in [3.05, 3.63) is 0 Å². The highest BCUT2D eigenvalue weighted by Crippen LogP contribution is 2.15. The first kappa shape index (κ1) is 13.6. The molecule has 1 aliphatic rings. The van der Waals surface area contributed by atoms with Crippen LogP contribution in [-0.4, -0.2) is 41.3 Å². The fraction of sp³-hybridized carbons (Fsp3) is 0.909. The van der Waals surface area contributed by atoms with E-state index in [4.69, 9.17) is 0 Å². The number of nitrogens with one attached hydrogen (secondary N) is 2. The smallest absolute Gasteiger partial charge is 0.224 e. The van der Waals surface area contributed by atoms with Crippen LogP contribution in [0.25, 0.3) is 0 Å². The van der Waals surface area contributed by atoms with Crippen molar-refractivity contribution in [2.45, 2.75) is 20.3 Å². The summed E-state index contributed by atoms with van der Waals surface area (Å²) in [7, 11) is -0.786. The largest absolute Gasteiger partial charge is 0.355 e. The summed E-state index contributed by atoms with van der Waals surface area (Å²) < 4.78 is 11.2. The first-order valence-electron chi connectivity index (χ1n) is 5.96. The lowest BCUT2D eigenvalue weighted by atomic mass is 9.91. The zero-order valence-electron chi connectivity index (χ0n) is 10.1. The maximum atomic E-state index is 11.8. The van der Waals surface area contributed by atoms with E-state index in [0.29, 0.717) is 24.0 Å². The lowest BCUT2D eigenvalue weighted by Gasteiger charge is -2.26. The van der Waals surface area contributed by atoms with Crippen LogP contribution in [0, 0.1) is 11.8 Å². The Morgan fingerprint density at radius 3 is 2.88 bits per heavy atom. The molecule has 5 heteroatoms. The van der Waals surface area contributed by atoms with Gasteiger partial charge in [0.1, 0.15) is 0 Å². The molecule has 4 nitrogen and oxygen atoms in total. The molecule has 1 heterocycles. The summed E-state index contributed by atoms with van der Waals surface area (Å²) in [6, 6.07) is 0. The maximum absolute atomic E-state index is 11.8. The average Bonchev–Trinajstić information content (AvgIpc) is 2.28. The molecular formula is C11H22N2O2S. The van der Waals surface area contributed by atoms with E-state index >= 15 is 0 Å². The van der Waals surface area contributed by atoms with Crippen LogP contribution in [0.1, 0.15) is 20.3 Å². The highest BCUT2D eigenvalue weighted by atomic mass is 32.2. The molecule has 0 aromatic heterocycles. The van der Waals surface area contributed by atoms with Gasteiger partial charge in [-0.15, -0.1) is 0 Å². The molecule has 0 aromatic rings. The second-order valence-electron chi connectivity index (χ2n) is 4.42. The third-order valence-electron chi connectivity index (χ3n) is 2.89. The van der Waals surface area contributed by atoms with Crippen LogP contribution < -0.4 is 10.6 Å². The molecule has 0 bridgehead atoms. The minimum Gasteiger partial charge on any atom is -0.355 e. The minimum absolute atomic E-state index is 0.0822. The molecule has 1 amide bonds. The van der Waals surface area contributed by atoms with Gasteiger partial charge in [0.15, 0.2) is 0 Å². The summed E-state index contributed by atoms with van der Waals surface area (Å²) in [4.78, 5) is 11.8. The van der Waals surface area contributed by atoms with E-state index in [2.05, 4.69) is 17.6 Å². The van der Waals surface area contributed by atoms with Crippen molar-refractivity contribution in [2.24, 2.45) is 11.8 Å². The Morgan fingerprint density at radius 2 is 2.25 bits per heavy atom. The first-order valence-corrected chi connectivity index (χ1v) is 7.45. The first-order chi connectivity index (χ1) is 7.63. The minimum atomic E-state index is -0.786. The molecule has 2 N–H and O–H groups in total. The lowest BCUT2D eigenvalue weighted by molar-refractivity contribution is -0.125. The molecule has 0 radical (unpaired) electrons. The van der Waals surface area contributed by atoms with Gasteiger partial charge in [-0.3, -0.25) is 9.00 Å². The monoisotopic (exact) mass is 246 g/mol. The van der Waals surface area contributed by atoms with Crippen LogP contribution in [0.2, 0.25) is 0 Å². The molecule has 94 valence electrons. The second kappa shape index (κ2) is 7.01. The van der Waals surface area contributed by atoms with E-state index in [1.807, 2.05) is 6.92 Å². The fourth-order valence-electron chi connectivity index (χ4n) is 1.93. The molecule has 1 fully saturated rings. The summed E-state index contributed by atoms with van der Waals surface area (Å²) in [6.45, 7) is 6.35. The number of hydrogen-bond donors (Lipinski definition) is 2. The molecule has 1 aliphatic heterocycles. The lowest BCUT2D eigenvalue weighted by Crippen LogP contribution is -2.44. The molecule has 1 saturated heterocycles. The van der Waals surface area contributed by atoms with Gasteiger partial charge in [0, 0.05) is 35.4 Å². The van der Waals surface area contributed by atoms with Crippen LogP contribution in [0.15, 0.2) is 0 Å². The molecule has 0 aromatic carbocycles. The topological polar surface area (TPSA) is 58.2 Å². The Labute approximate surface area is 100 Å². The van der Waals surface area contributed by atoms with Crippen molar-refractivity contribution in [2.75, 3.05) is 31.1 Å².